The van der Waals surface area contributed by atoms with Crippen LogP contribution in [0.5, 0.6) is 0 Å². The number of benzene rings is 3. The molecule has 0 fully saturated rings. The van der Waals surface area contributed by atoms with E-state index >= 15 is 0 Å². The Morgan fingerprint density at radius 1 is 1.07 bits per heavy atom. The van der Waals surface area contributed by atoms with Gasteiger partial charge < -0.3 is 9.73 Å². The molecular weight excluding hydrogens is 404 g/mol. The van der Waals surface area contributed by atoms with Crippen LogP contribution >= 0.6 is 22.9 Å². The Morgan fingerprint density at radius 3 is 2.72 bits per heavy atom. The highest BCUT2D eigenvalue weighted by molar-refractivity contribution is 7.21. The number of rotatable bonds is 3. The number of fused-ring (bicyclic) bond motifs is 2. The summed E-state index contributed by atoms with van der Waals surface area (Å²) in [5, 5.41) is 5.29. The normalized spacial score (nSPS) is 11.2. The molecule has 0 aliphatic rings. The monoisotopic (exact) mass is 418 g/mol. The maximum atomic E-state index is 13.0. The highest BCUT2D eigenvalue weighted by Crippen LogP contribution is 2.35. The van der Waals surface area contributed by atoms with Gasteiger partial charge in [0.2, 0.25) is 0 Å². The molecule has 5 aromatic rings. The third-order valence-corrected chi connectivity index (χ3v) is 6.11. The molecule has 0 aliphatic heterocycles. The van der Waals surface area contributed by atoms with E-state index in [4.69, 9.17) is 21.0 Å². The van der Waals surface area contributed by atoms with Crippen LogP contribution in [-0.2, 0) is 0 Å². The number of anilines is 1. The fourth-order valence-corrected chi connectivity index (χ4v) is 4.53. The van der Waals surface area contributed by atoms with Crippen molar-refractivity contribution in [2.24, 2.45) is 0 Å². The summed E-state index contributed by atoms with van der Waals surface area (Å²) in [5.41, 5.74) is 3.90. The van der Waals surface area contributed by atoms with Crippen molar-refractivity contribution in [3.8, 4) is 10.6 Å². The standard InChI is InChI=1S/C23H15ClN2O2S/c1-13-16-12-14(24)10-11-19(16)28-21(13)22(27)25-17-7-3-2-6-15(17)23-26-18-8-4-5-9-20(18)29-23/h2-12H,1H3,(H,25,27). The maximum absolute atomic E-state index is 13.0. The van der Waals surface area contributed by atoms with Gasteiger partial charge in [0.05, 0.1) is 15.9 Å². The van der Waals surface area contributed by atoms with Gasteiger partial charge in [-0.2, -0.15) is 0 Å². The van der Waals surface area contributed by atoms with Gasteiger partial charge in [0.25, 0.3) is 5.91 Å². The van der Waals surface area contributed by atoms with Gasteiger partial charge in [-0.25, -0.2) is 4.98 Å². The molecule has 0 radical (unpaired) electrons. The van der Waals surface area contributed by atoms with Gasteiger partial charge in [0.1, 0.15) is 10.6 Å². The molecule has 4 nitrogen and oxygen atoms in total. The average molecular weight is 419 g/mol. The molecule has 0 saturated heterocycles. The van der Waals surface area contributed by atoms with Gasteiger partial charge in [-0.1, -0.05) is 35.9 Å². The van der Waals surface area contributed by atoms with Crippen LogP contribution in [0.4, 0.5) is 5.69 Å². The molecule has 3 aromatic carbocycles. The Bertz CT molecular complexity index is 1350. The van der Waals surface area contributed by atoms with Crippen LogP contribution in [0, 0.1) is 6.92 Å². The van der Waals surface area contributed by atoms with Crippen molar-refractivity contribution in [3.05, 3.63) is 83.1 Å². The van der Waals surface area contributed by atoms with Crippen LogP contribution in [0.1, 0.15) is 16.1 Å². The predicted molar refractivity (Wildman–Crippen MR) is 119 cm³/mol. The largest absolute Gasteiger partial charge is 0.451 e. The van der Waals surface area contributed by atoms with E-state index in [1.165, 1.54) is 0 Å². The van der Waals surface area contributed by atoms with Crippen LogP contribution in [0.15, 0.2) is 71.1 Å². The second-order valence-corrected chi connectivity index (χ2v) is 8.15. The maximum Gasteiger partial charge on any atom is 0.291 e. The van der Waals surface area contributed by atoms with Gasteiger partial charge in [-0.05, 0) is 49.4 Å². The van der Waals surface area contributed by atoms with Gasteiger partial charge in [0, 0.05) is 21.5 Å². The molecule has 0 saturated carbocycles. The third-order valence-electron chi connectivity index (χ3n) is 4.80. The summed E-state index contributed by atoms with van der Waals surface area (Å²) in [6.45, 7) is 1.86. The first-order valence-electron chi connectivity index (χ1n) is 9.05. The van der Waals surface area contributed by atoms with Gasteiger partial charge in [-0.3, -0.25) is 4.79 Å². The Labute approximate surface area is 175 Å². The lowest BCUT2D eigenvalue weighted by molar-refractivity contribution is 0.0998. The fraction of sp³-hybridized carbons (Fsp3) is 0.0435. The molecule has 1 N–H and O–H groups in total. The van der Waals surface area contributed by atoms with Crippen LogP contribution < -0.4 is 5.32 Å². The number of amides is 1. The van der Waals surface area contributed by atoms with E-state index in [-0.39, 0.29) is 11.7 Å². The first-order valence-corrected chi connectivity index (χ1v) is 10.2. The van der Waals surface area contributed by atoms with E-state index < -0.39 is 0 Å². The van der Waals surface area contributed by atoms with Crippen molar-refractivity contribution in [3.63, 3.8) is 0 Å². The molecule has 0 spiro atoms. The van der Waals surface area contributed by atoms with Gasteiger partial charge in [-0.15, -0.1) is 11.3 Å². The minimum Gasteiger partial charge on any atom is -0.451 e. The number of furan rings is 1. The summed E-state index contributed by atoms with van der Waals surface area (Å²) < 4.78 is 6.90. The number of halogens is 1. The molecular formula is C23H15ClN2O2S. The topological polar surface area (TPSA) is 55.1 Å². The summed E-state index contributed by atoms with van der Waals surface area (Å²) >= 11 is 7.68. The van der Waals surface area contributed by atoms with E-state index in [2.05, 4.69) is 5.32 Å². The lowest BCUT2D eigenvalue weighted by Crippen LogP contribution is -2.12. The number of carbonyl (C=O) groups is 1. The van der Waals surface area contributed by atoms with Crippen molar-refractivity contribution in [2.75, 3.05) is 5.32 Å². The number of thiazole rings is 1. The minimum absolute atomic E-state index is 0.279. The summed E-state index contributed by atoms with van der Waals surface area (Å²) in [7, 11) is 0. The zero-order chi connectivity index (χ0) is 20.0. The second kappa shape index (κ2) is 7.03. The Balaban J connectivity index is 1.53. The van der Waals surface area contributed by atoms with Crippen LogP contribution in [-0.4, -0.2) is 10.9 Å². The van der Waals surface area contributed by atoms with Crippen molar-refractivity contribution < 1.29 is 9.21 Å². The molecule has 0 bridgehead atoms. The summed E-state index contributed by atoms with van der Waals surface area (Å²) in [6, 6.07) is 21.0. The Kier molecular flexibility index (Phi) is 4.34. The number of carbonyl (C=O) groups excluding carboxylic acids is 1. The van der Waals surface area contributed by atoms with Crippen molar-refractivity contribution in [2.45, 2.75) is 6.92 Å². The van der Waals surface area contributed by atoms with Crippen molar-refractivity contribution in [1.29, 1.82) is 0 Å². The molecule has 0 unspecified atom stereocenters. The molecule has 0 aliphatic carbocycles. The predicted octanol–water partition coefficient (Wildman–Crippen LogP) is 6.92. The number of nitrogens with one attached hydrogen (secondary N) is 1. The lowest BCUT2D eigenvalue weighted by atomic mass is 10.1. The third kappa shape index (κ3) is 3.18. The zero-order valence-corrected chi connectivity index (χ0v) is 17.0. The zero-order valence-electron chi connectivity index (χ0n) is 15.4. The molecule has 6 heteroatoms. The van der Waals surface area contributed by atoms with Crippen LogP contribution in [0.2, 0.25) is 5.02 Å². The highest BCUT2D eigenvalue weighted by atomic mass is 35.5. The number of hydrogen-bond donors (Lipinski definition) is 1. The first kappa shape index (κ1) is 17.9. The van der Waals surface area contributed by atoms with E-state index in [1.54, 1.807) is 23.5 Å². The van der Waals surface area contributed by atoms with Gasteiger partial charge in [0.15, 0.2) is 5.76 Å². The molecule has 0 atom stereocenters. The number of para-hydroxylation sites is 2. The van der Waals surface area contributed by atoms with Crippen molar-refractivity contribution >= 4 is 55.7 Å². The summed E-state index contributed by atoms with van der Waals surface area (Å²) in [6.07, 6.45) is 0. The van der Waals surface area contributed by atoms with E-state index in [0.29, 0.717) is 16.3 Å². The lowest BCUT2D eigenvalue weighted by Gasteiger charge is -2.08. The van der Waals surface area contributed by atoms with E-state index in [1.807, 2.05) is 61.5 Å². The Hall–Kier alpha value is -3.15. The second-order valence-electron chi connectivity index (χ2n) is 6.68. The van der Waals surface area contributed by atoms with E-state index in [9.17, 15) is 4.79 Å². The summed E-state index contributed by atoms with van der Waals surface area (Å²) in [4.78, 5) is 17.7. The smallest absolute Gasteiger partial charge is 0.291 e. The minimum atomic E-state index is -0.302. The Morgan fingerprint density at radius 2 is 1.86 bits per heavy atom. The molecule has 1 amide bonds. The molecule has 5 rings (SSSR count). The van der Waals surface area contributed by atoms with Crippen molar-refractivity contribution in [1.82, 2.24) is 4.98 Å². The summed E-state index contributed by atoms with van der Waals surface area (Å²) in [5.74, 6) is -0.0234. The highest BCUT2D eigenvalue weighted by Gasteiger charge is 2.20. The fourth-order valence-electron chi connectivity index (χ4n) is 3.35. The number of nitrogens with zero attached hydrogens (tertiary/aromatic N) is 1. The van der Waals surface area contributed by atoms with Crippen LogP contribution in [0.25, 0.3) is 31.8 Å². The SMILES string of the molecule is Cc1c(C(=O)Nc2ccccc2-c2nc3ccccc3s2)oc2ccc(Cl)cc12. The molecule has 29 heavy (non-hydrogen) atoms. The van der Waals surface area contributed by atoms with Crippen LogP contribution in [0.3, 0.4) is 0 Å². The molecule has 2 heterocycles. The first-order chi connectivity index (χ1) is 14.1. The van der Waals surface area contributed by atoms with E-state index in [0.717, 1.165) is 31.7 Å². The number of aromatic nitrogens is 1. The number of aryl methyl sites for hydroxylation is 1. The van der Waals surface area contributed by atoms with Gasteiger partial charge >= 0.3 is 0 Å². The average Bonchev–Trinajstić information content (AvgIpc) is 3.30. The molecule has 142 valence electrons. The molecule has 2 aromatic heterocycles. The number of hydrogen-bond acceptors (Lipinski definition) is 4. The quantitative estimate of drug-likeness (QED) is 0.346.